The fourth-order valence-corrected chi connectivity index (χ4v) is 8.10. The van der Waals surface area contributed by atoms with Crippen LogP contribution >= 0.6 is 86.8 Å². The molecule has 4 aromatic rings. The van der Waals surface area contributed by atoms with E-state index in [4.69, 9.17) is 4.74 Å². The van der Waals surface area contributed by atoms with E-state index in [0.29, 0.717) is 44.9 Å². The lowest BCUT2D eigenvalue weighted by Crippen LogP contribution is -2.29. The summed E-state index contributed by atoms with van der Waals surface area (Å²) in [5.41, 5.74) is 2.33. The highest BCUT2D eigenvalue weighted by molar-refractivity contribution is 9.15. The number of hydrogen-bond acceptors (Lipinski definition) is 7. The van der Waals surface area contributed by atoms with Gasteiger partial charge in [0.15, 0.2) is 4.34 Å². The number of aromatic nitrogens is 1. The van der Waals surface area contributed by atoms with Crippen LogP contribution in [0.15, 0.2) is 64.7 Å². The van der Waals surface area contributed by atoms with Gasteiger partial charge in [-0.2, -0.15) is 0 Å². The summed E-state index contributed by atoms with van der Waals surface area (Å²) in [6, 6.07) is 12.4. The Morgan fingerprint density at radius 3 is 2.30 bits per heavy atom. The third-order valence-corrected chi connectivity index (χ3v) is 12.3. The molecule has 1 N–H and O–H groups in total. The number of rotatable bonds is 6. The van der Waals surface area contributed by atoms with Gasteiger partial charge in [0, 0.05) is 17.9 Å². The standard InChI is InChI=1S/C24H13Br4N3O4S2/c1-35-13-5-3-2-4-11(13)29-15(32)9-36-24-30-12-7-6-10(8-14(12)37-24)31-22(33)16-17(23(31)34)19(26)21(28)20(27)18(16)25/h2-8H,9H2,1H3,(H,29,32). The Morgan fingerprint density at radius 2 is 1.65 bits per heavy atom. The normalized spacial score (nSPS) is 12.8. The zero-order chi connectivity index (χ0) is 26.4. The lowest BCUT2D eigenvalue weighted by Gasteiger charge is -2.13. The second kappa shape index (κ2) is 10.8. The molecule has 37 heavy (non-hydrogen) atoms. The molecule has 0 saturated heterocycles. The van der Waals surface area contributed by atoms with Crippen molar-refractivity contribution >= 4 is 126 Å². The molecule has 0 radical (unpaired) electrons. The fraction of sp³-hybridized carbons (Fsp3) is 0.0833. The number of hydrogen-bond donors (Lipinski definition) is 1. The summed E-state index contributed by atoms with van der Waals surface area (Å²) in [5.74, 6) is -0.289. The molecule has 3 amide bonds. The molecule has 7 nitrogen and oxygen atoms in total. The summed E-state index contributed by atoms with van der Waals surface area (Å²) in [6.45, 7) is 0. The number of imide groups is 1. The molecular weight excluding hydrogens is 778 g/mol. The van der Waals surface area contributed by atoms with Crippen LogP contribution in [-0.2, 0) is 4.79 Å². The van der Waals surface area contributed by atoms with E-state index in [1.54, 1.807) is 37.4 Å². The molecule has 188 valence electrons. The van der Waals surface area contributed by atoms with E-state index in [1.165, 1.54) is 23.1 Å². The number of amides is 3. The molecule has 2 heterocycles. The lowest BCUT2D eigenvalue weighted by molar-refractivity contribution is -0.113. The third-order valence-electron chi connectivity index (χ3n) is 5.42. The topological polar surface area (TPSA) is 88.6 Å². The van der Waals surface area contributed by atoms with Gasteiger partial charge in [-0.1, -0.05) is 23.9 Å². The molecule has 3 aromatic carbocycles. The van der Waals surface area contributed by atoms with Crippen LogP contribution in [-0.4, -0.2) is 35.6 Å². The maximum absolute atomic E-state index is 13.3. The van der Waals surface area contributed by atoms with E-state index >= 15 is 0 Å². The second-order valence-corrected chi connectivity index (χ2v) is 13.0. The highest BCUT2D eigenvalue weighted by Gasteiger charge is 2.42. The van der Waals surface area contributed by atoms with Crippen molar-refractivity contribution in [3.63, 3.8) is 0 Å². The van der Waals surface area contributed by atoms with Crippen molar-refractivity contribution in [2.24, 2.45) is 0 Å². The molecule has 0 atom stereocenters. The summed E-state index contributed by atoms with van der Waals surface area (Å²) in [7, 11) is 1.55. The van der Waals surface area contributed by atoms with Gasteiger partial charge in [-0.15, -0.1) is 11.3 Å². The van der Waals surface area contributed by atoms with Gasteiger partial charge in [0.05, 0.1) is 45.6 Å². The largest absolute Gasteiger partial charge is 0.495 e. The smallest absolute Gasteiger partial charge is 0.267 e. The number of para-hydroxylation sites is 2. The molecule has 0 spiro atoms. The summed E-state index contributed by atoms with van der Waals surface area (Å²) >= 11 is 16.5. The number of fused-ring (bicyclic) bond motifs is 2. The van der Waals surface area contributed by atoms with Crippen molar-refractivity contribution in [2.45, 2.75) is 4.34 Å². The van der Waals surface area contributed by atoms with Crippen molar-refractivity contribution in [1.82, 2.24) is 4.98 Å². The average Bonchev–Trinajstić information content (AvgIpc) is 3.42. The minimum absolute atomic E-state index is 0.162. The van der Waals surface area contributed by atoms with Gasteiger partial charge in [-0.25, -0.2) is 9.88 Å². The van der Waals surface area contributed by atoms with Gasteiger partial charge in [0.1, 0.15) is 5.75 Å². The maximum atomic E-state index is 13.3. The quantitative estimate of drug-likeness (QED) is 0.0926. The van der Waals surface area contributed by atoms with Crippen LogP contribution in [0.5, 0.6) is 5.75 Å². The van der Waals surface area contributed by atoms with Crippen LogP contribution in [0.2, 0.25) is 0 Å². The van der Waals surface area contributed by atoms with Gasteiger partial charge in [-0.3, -0.25) is 14.4 Å². The highest BCUT2D eigenvalue weighted by atomic mass is 79.9. The minimum atomic E-state index is -0.424. The fourth-order valence-electron chi connectivity index (χ4n) is 3.74. The summed E-state index contributed by atoms with van der Waals surface area (Å²) in [6.07, 6.45) is 0. The average molecular weight is 791 g/mol. The Morgan fingerprint density at radius 1 is 1.00 bits per heavy atom. The number of halogens is 4. The number of methoxy groups -OCH3 is 1. The molecule has 0 aliphatic carbocycles. The van der Waals surface area contributed by atoms with Gasteiger partial charge in [0.25, 0.3) is 11.8 Å². The predicted molar refractivity (Wildman–Crippen MR) is 160 cm³/mol. The van der Waals surface area contributed by atoms with Gasteiger partial charge >= 0.3 is 0 Å². The maximum Gasteiger partial charge on any atom is 0.267 e. The van der Waals surface area contributed by atoms with Crippen LogP contribution in [0.25, 0.3) is 10.2 Å². The predicted octanol–water partition coefficient (Wildman–Crippen LogP) is 7.89. The van der Waals surface area contributed by atoms with E-state index in [1.807, 2.05) is 12.1 Å². The SMILES string of the molecule is COc1ccccc1NC(=O)CSc1nc2ccc(N3C(=O)c4c(Br)c(Br)c(Br)c(Br)c4C3=O)cc2s1. The molecule has 1 aromatic heterocycles. The van der Waals surface area contributed by atoms with Crippen LogP contribution < -0.4 is 15.0 Å². The number of ether oxygens (including phenoxy) is 1. The second-order valence-electron chi connectivity index (χ2n) is 7.62. The van der Waals surface area contributed by atoms with E-state index in [9.17, 15) is 14.4 Å². The number of anilines is 2. The Balaban J connectivity index is 1.36. The Kier molecular flexibility index (Phi) is 7.81. The molecule has 1 aliphatic heterocycles. The number of thioether (sulfide) groups is 1. The van der Waals surface area contributed by atoms with Crippen LogP contribution in [0.1, 0.15) is 20.7 Å². The molecule has 0 saturated carbocycles. The first kappa shape index (κ1) is 26.8. The van der Waals surface area contributed by atoms with Crippen molar-refractivity contribution in [1.29, 1.82) is 0 Å². The number of nitrogens with one attached hydrogen (secondary N) is 1. The van der Waals surface area contributed by atoms with Crippen molar-refractivity contribution < 1.29 is 19.1 Å². The van der Waals surface area contributed by atoms with Gasteiger partial charge in [-0.05, 0) is 94.1 Å². The zero-order valence-corrected chi connectivity index (χ0v) is 26.6. The Labute approximate surface area is 252 Å². The molecule has 0 bridgehead atoms. The van der Waals surface area contributed by atoms with Crippen LogP contribution in [0.4, 0.5) is 11.4 Å². The van der Waals surface area contributed by atoms with Crippen molar-refractivity contribution in [2.75, 3.05) is 23.1 Å². The summed E-state index contributed by atoms with van der Waals surface area (Å²) in [4.78, 5) is 44.8. The third kappa shape index (κ3) is 4.89. The molecule has 13 heteroatoms. The first-order valence-corrected chi connectivity index (χ1v) is 15.4. The van der Waals surface area contributed by atoms with Crippen molar-refractivity contribution in [3.05, 3.63) is 71.5 Å². The molecule has 0 fully saturated rings. The van der Waals surface area contributed by atoms with E-state index < -0.39 is 11.8 Å². The zero-order valence-electron chi connectivity index (χ0n) is 18.6. The molecular formula is C24H13Br4N3O4S2. The van der Waals surface area contributed by atoms with Crippen LogP contribution in [0, 0.1) is 0 Å². The monoisotopic (exact) mass is 787 g/mol. The molecule has 1 aliphatic rings. The van der Waals surface area contributed by atoms with E-state index in [2.05, 4.69) is 74.0 Å². The summed E-state index contributed by atoms with van der Waals surface area (Å²) < 4.78 is 9.03. The first-order chi connectivity index (χ1) is 17.7. The minimum Gasteiger partial charge on any atom is -0.495 e. The number of thiazole rings is 1. The number of nitrogens with zero attached hydrogens (tertiary/aromatic N) is 2. The number of benzene rings is 3. The number of carbonyl (C=O) groups is 3. The Hall–Kier alpha value is -1.77. The first-order valence-electron chi connectivity index (χ1n) is 10.4. The Bertz CT molecular complexity index is 1580. The highest BCUT2D eigenvalue weighted by Crippen LogP contribution is 2.46. The van der Waals surface area contributed by atoms with Crippen molar-refractivity contribution in [3.8, 4) is 5.75 Å². The summed E-state index contributed by atoms with van der Waals surface area (Å²) in [5, 5.41) is 2.84. The van der Waals surface area contributed by atoms with E-state index in [-0.39, 0.29) is 22.8 Å². The molecule has 0 unspecified atom stereocenters. The van der Waals surface area contributed by atoms with Crippen LogP contribution in [0.3, 0.4) is 0 Å². The van der Waals surface area contributed by atoms with Gasteiger partial charge < -0.3 is 10.1 Å². The molecule has 5 rings (SSSR count). The number of carbonyl (C=O) groups excluding carboxylic acids is 3. The van der Waals surface area contributed by atoms with E-state index in [0.717, 1.165) is 9.60 Å². The lowest BCUT2D eigenvalue weighted by atomic mass is 10.1. The van der Waals surface area contributed by atoms with Gasteiger partial charge in [0.2, 0.25) is 5.91 Å².